The minimum atomic E-state index is -3.05. The molecule has 3 rings (SSSR count). The Hall–Kier alpha value is -1.75. The van der Waals surface area contributed by atoms with Crippen molar-refractivity contribution >= 4 is 9.84 Å². The molecule has 0 saturated heterocycles. The third-order valence-electron chi connectivity index (χ3n) is 4.10. The Kier molecular flexibility index (Phi) is 4.52. The number of sulfone groups is 1. The van der Waals surface area contributed by atoms with Gasteiger partial charge in [-0.15, -0.1) is 0 Å². The Morgan fingerprint density at radius 2 is 1.77 bits per heavy atom. The molecule has 0 unspecified atom stereocenters. The van der Waals surface area contributed by atoms with Gasteiger partial charge in [-0.1, -0.05) is 25.0 Å². The highest BCUT2D eigenvalue weighted by Crippen LogP contribution is 2.27. The summed E-state index contributed by atoms with van der Waals surface area (Å²) in [4.78, 5) is 8.58. The first-order valence-electron chi connectivity index (χ1n) is 7.69. The summed E-state index contributed by atoms with van der Waals surface area (Å²) in [7, 11) is -3.05. The van der Waals surface area contributed by atoms with Crippen molar-refractivity contribution in [1.82, 2.24) is 9.97 Å². The van der Waals surface area contributed by atoms with Gasteiger partial charge in [-0.2, -0.15) is 0 Å². The number of hydrogen-bond acceptors (Lipinski definition) is 4. The first kappa shape index (κ1) is 15.2. The highest BCUT2D eigenvalue weighted by Gasteiger charge is 2.22. The molecule has 1 aliphatic carbocycles. The first-order chi connectivity index (χ1) is 10.6. The molecule has 5 heteroatoms. The minimum Gasteiger partial charge on any atom is -0.255 e. The van der Waals surface area contributed by atoms with E-state index in [4.69, 9.17) is 0 Å². The van der Waals surface area contributed by atoms with Crippen molar-refractivity contribution in [2.24, 2.45) is 5.92 Å². The third-order valence-corrected chi connectivity index (χ3v) is 5.86. The summed E-state index contributed by atoms with van der Waals surface area (Å²) in [6.45, 7) is 0. The van der Waals surface area contributed by atoms with Crippen molar-refractivity contribution in [2.75, 3.05) is 5.75 Å². The molecule has 2 heterocycles. The van der Waals surface area contributed by atoms with E-state index in [2.05, 4.69) is 9.97 Å². The molecule has 116 valence electrons. The normalized spacial score (nSPS) is 16.0. The molecule has 0 bridgehead atoms. The number of rotatable bonds is 5. The van der Waals surface area contributed by atoms with Gasteiger partial charge in [0.05, 0.1) is 22.9 Å². The maximum absolute atomic E-state index is 12.3. The molecule has 0 aliphatic heterocycles. The molecule has 0 spiro atoms. The number of nitrogens with zero attached hydrogens (tertiary/aromatic N) is 2. The lowest BCUT2D eigenvalue weighted by Crippen LogP contribution is -2.15. The van der Waals surface area contributed by atoms with E-state index < -0.39 is 9.84 Å². The lowest BCUT2D eigenvalue weighted by atomic mass is 10.1. The lowest BCUT2D eigenvalue weighted by molar-refractivity contribution is 0.558. The molecule has 1 saturated carbocycles. The van der Waals surface area contributed by atoms with Gasteiger partial charge in [-0.05, 0) is 42.5 Å². The summed E-state index contributed by atoms with van der Waals surface area (Å²) in [5, 5.41) is 0. The van der Waals surface area contributed by atoms with E-state index in [-0.39, 0.29) is 5.75 Å². The van der Waals surface area contributed by atoms with Crippen LogP contribution in [-0.4, -0.2) is 24.1 Å². The van der Waals surface area contributed by atoms with E-state index in [0.717, 1.165) is 29.8 Å². The number of hydrogen-bond donors (Lipinski definition) is 0. The van der Waals surface area contributed by atoms with Crippen molar-refractivity contribution in [3.05, 3.63) is 48.3 Å². The zero-order valence-corrected chi connectivity index (χ0v) is 13.3. The van der Waals surface area contributed by atoms with Crippen LogP contribution in [0.25, 0.3) is 11.4 Å². The van der Waals surface area contributed by atoms with Gasteiger partial charge in [0.25, 0.3) is 0 Å². The second-order valence-corrected chi connectivity index (χ2v) is 8.08. The van der Waals surface area contributed by atoms with Gasteiger partial charge < -0.3 is 0 Å². The average Bonchev–Trinajstić information content (AvgIpc) is 3.00. The molecule has 22 heavy (non-hydrogen) atoms. The Balaban J connectivity index is 1.68. The quantitative estimate of drug-likeness (QED) is 0.849. The van der Waals surface area contributed by atoms with Crippen LogP contribution >= 0.6 is 0 Å². The van der Waals surface area contributed by atoms with Crippen LogP contribution in [0.2, 0.25) is 0 Å². The molecule has 4 nitrogen and oxygen atoms in total. The summed E-state index contributed by atoms with van der Waals surface area (Å²) >= 11 is 0. The average molecular weight is 316 g/mol. The molecule has 0 aromatic carbocycles. The van der Waals surface area contributed by atoms with Gasteiger partial charge in [-0.3, -0.25) is 9.97 Å². The summed E-state index contributed by atoms with van der Waals surface area (Å²) in [6.07, 6.45) is 7.81. The first-order valence-corrected chi connectivity index (χ1v) is 9.51. The summed E-state index contributed by atoms with van der Waals surface area (Å²) < 4.78 is 24.5. The van der Waals surface area contributed by atoms with Gasteiger partial charge in [-0.25, -0.2) is 8.42 Å². The zero-order valence-electron chi connectivity index (χ0n) is 12.5. The summed E-state index contributed by atoms with van der Waals surface area (Å²) in [5.74, 6) is 0.749. The third kappa shape index (κ3) is 3.91. The topological polar surface area (TPSA) is 59.9 Å². The van der Waals surface area contributed by atoms with Crippen LogP contribution in [0.4, 0.5) is 0 Å². The van der Waals surface area contributed by atoms with Crippen LogP contribution < -0.4 is 0 Å². The fourth-order valence-electron chi connectivity index (χ4n) is 3.02. The Morgan fingerprint density at radius 1 is 1.00 bits per heavy atom. The van der Waals surface area contributed by atoms with Crippen molar-refractivity contribution in [3.8, 4) is 11.4 Å². The molecule has 2 aromatic rings. The van der Waals surface area contributed by atoms with Crippen LogP contribution in [-0.2, 0) is 15.6 Å². The van der Waals surface area contributed by atoms with Crippen LogP contribution in [0.5, 0.6) is 0 Å². The summed E-state index contributed by atoms with van der Waals surface area (Å²) in [5.41, 5.74) is 2.30. The Morgan fingerprint density at radius 3 is 2.41 bits per heavy atom. The Bertz CT molecular complexity index is 706. The maximum atomic E-state index is 12.3. The predicted octanol–water partition coefficient (Wildman–Crippen LogP) is 3.25. The summed E-state index contributed by atoms with van der Waals surface area (Å²) in [6, 6.07) is 9.32. The van der Waals surface area contributed by atoms with Gasteiger partial charge in [0.15, 0.2) is 9.84 Å². The monoisotopic (exact) mass is 316 g/mol. The van der Waals surface area contributed by atoms with Crippen LogP contribution in [0, 0.1) is 5.92 Å². The lowest BCUT2D eigenvalue weighted by Gasteiger charge is -2.10. The fourth-order valence-corrected chi connectivity index (χ4v) is 4.87. The van der Waals surface area contributed by atoms with Crippen molar-refractivity contribution in [1.29, 1.82) is 0 Å². The highest BCUT2D eigenvalue weighted by molar-refractivity contribution is 7.90. The molecule has 1 aliphatic rings. The molecule has 2 aromatic heterocycles. The smallest absolute Gasteiger partial charge is 0.154 e. The molecule has 0 radical (unpaired) electrons. The van der Waals surface area contributed by atoms with Gasteiger partial charge in [0, 0.05) is 12.4 Å². The van der Waals surface area contributed by atoms with Crippen LogP contribution in [0.3, 0.4) is 0 Å². The SMILES string of the molecule is O=S(=O)(Cc1ccc(-c2ccccn2)nc1)CC1CCCC1. The van der Waals surface area contributed by atoms with Gasteiger partial charge >= 0.3 is 0 Å². The second-order valence-electron chi connectivity index (χ2n) is 5.97. The van der Waals surface area contributed by atoms with E-state index in [1.165, 1.54) is 12.8 Å². The molecule has 1 fully saturated rings. The van der Waals surface area contributed by atoms with Crippen molar-refractivity contribution < 1.29 is 8.42 Å². The standard InChI is InChI=1S/C17H20N2O2S/c20-22(21,12-14-5-1-2-6-14)13-15-8-9-17(19-11-15)16-7-3-4-10-18-16/h3-4,7-11,14H,1-2,5-6,12-13H2. The largest absolute Gasteiger partial charge is 0.255 e. The fraction of sp³-hybridized carbons (Fsp3) is 0.412. The molecular weight excluding hydrogens is 296 g/mol. The second kappa shape index (κ2) is 6.57. The van der Waals surface area contributed by atoms with Crippen molar-refractivity contribution in [2.45, 2.75) is 31.4 Å². The highest BCUT2D eigenvalue weighted by atomic mass is 32.2. The molecular formula is C17H20N2O2S. The van der Waals surface area contributed by atoms with Crippen molar-refractivity contribution in [3.63, 3.8) is 0 Å². The van der Waals surface area contributed by atoms with E-state index in [1.807, 2.05) is 30.3 Å². The predicted molar refractivity (Wildman–Crippen MR) is 86.9 cm³/mol. The molecule has 0 N–H and O–H groups in total. The van der Waals surface area contributed by atoms with Gasteiger partial charge in [0.2, 0.25) is 0 Å². The Labute approximate surface area is 131 Å². The zero-order chi connectivity index (χ0) is 15.4. The minimum absolute atomic E-state index is 0.0823. The van der Waals surface area contributed by atoms with E-state index in [1.54, 1.807) is 12.4 Å². The van der Waals surface area contributed by atoms with Crippen LogP contribution in [0.1, 0.15) is 31.2 Å². The van der Waals surface area contributed by atoms with Gasteiger partial charge in [0.1, 0.15) is 0 Å². The van der Waals surface area contributed by atoms with E-state index in [9.17, 15) is 8.42 Å². The van der Waals surface area contributed by atoms with Crippen LogP contribution in [0.15, 0.2) is 42.7 Å². The number of pyridine rings is 2. The van der Waals surface area contributed by atoms with E-state index in [0.29, 0.717) is 11.7 Å². The molecule has 0 amide bonds. The maximum Gasteiger partial charge on any atom is 0.154 e. The van der Waals surface area contributed by atoms with E-state index >= 15 is 0 Å². The molecule has 0 atom stereocenters. The number of aromatic nitrogens is 2.